The molecule has 1 aliphatic heterocycles. The van der Waals surface area contributed by atoms with Crippen LogP contribution in [-0.2, 0) is 13.0 Å². The van der Waals surface area contributed by atoms with Gasteiger partial charge in [0.05, 0.1) is 5.56 Å². The Hall–Kier alpha value is -1.92. The fourth-order valence-corrected chi connectivity index (χ4v) is 4.64. The number of thiophene rings is 1. The molecule has 0 saturated heterocycles. The molecule has 1 N–H and O–H groups in total. The Morgan fingerprint density at radius 2 is 2.14 bits per heavy atom. The van der Waals surface area contributed by atoms with Crippen molar-refractivity contribution in [1.82, 2.24) is 9.47 Å². The molecule has 6 heteroatoms. The van der Waals surface area contributed by atoms with Crippen molar-refractivity contribution in [3.05, 3.63) is 39.0 Å². The molecule has 0 bridgehead atoms. The number of likely N-dealkylation sites (N-methyl/N-ethyl adjacent to an activating group) is 1. The number of nitrogens with zero attached hydrogens (tertiary/aromatic N) is 2. The Morgan fingerprint density at radius 1 is 1.41 bits per heavy atom. The number of aldehydes is 1. The van der Waals surface area contributed by atoms with E-state index in [1.165, 1.54) is 11.3 Å². The van der Waals surface area contributed by atoms with Crippen molar-refractivity contribution in [2.75, 3.05) is 13.6 Å². The van der Waals surface area contributed by atoms with Crippen molar-refractivity contribution in [3.8, 4) is 5.00 Å². The van der Waals surface area contributed by atoms with Gasteiger partial charge in [-0.1, -0.05) is 0 Å². The molecule has 3 heterocycles. The number of rotatable bonds is 3. The molecular formula is C16H18N2O3S. The van der Waals surface area contributed by atoms with Crippen molar-refractivity contribution < 1.29 is 14.7 Å². The fourth-order valence-electron chi connectivity index (χ4n) is 3.11. The number of hydrogen-bond acceptors (Lipinski definition) is 4. The van der Waals surface area contributed by atoms with E-state index in [1.54, 1.807) is 6.07 Å². The minimum absolute atomic E-state index is 0.396. The summed E-state index contributed by atoms with van der Waals surface area (Å²) in [6.07, 6.45) is 1.57. The van der Waals surface area contributed by atoms with Crippen molar-refractivity contribution in [2.24, 2.45) is 0 Å². The smallest absolute Gasteiger partial charge is 0.339 e. The second-order valence-corrected chi connectivity index (χ2v) is 6.84. The number of carbonyl (C=O) groups is 2. The van der Waals surface area contributed by atoms with E-state index in [2.05, 4.69) is 4.90 Å². The average molecular weight is 318 g/mol. The van der Waals surface area contributed by atoms with Crippen LogP contribution in [0.5, 0.6) is 0 Å². The molecule has 1 aliphatic rings. The molecular weight excluding hydrogens is 300 g/mol. The van der Waals surface area contributed by atoms with Gasteiger partial charge in [-0.25, -0.2) is 4.79 Å². The second kappa shape index (κ2) is 5.37. The van der Waals surface area contributed by atoms with Gasteiger partial charge < -0.3 is 14.6 Å². The first-order chi connectivity index (χ1) is 10.4. The maximum absolute atomic E-state index is 11.8. The minimum atomic E-state index is -0.891. The van der Waals surface area contributed by atoms with Crippen LogP contribution in [0, 0.1) is 13.8 Å². The van der Waals surface area contributed by atoms with Gasteiger partial charge in [0.2, 0.25) is 0 Å². The molecule has 0 radical (unpaired) electrons. The van der Waals surface area contributed by atoms with Crippen LogP contribution in [0.4, 0.5) is 0 Å². The van der Waals surface area contributed by atoms with Crippen LogP contribution in [0.1, 0.15) is 42.5 Å². The van der Waals surface area contributed by atoms with Crippen LogP contribution in [0.2, 0.25) is 0 Å². The highest BCUT2D eigenvalue weighted by Gasteiger charge is 2.28. The molecule has 2 aromatic heterocycles. The van der Waals surface area contributed by atoms with Crippen LogP contribution in [0.25, 0.3) is 5.00 Å². The summed E-state index contributed by atoms with van der Waals surface area (Å²) in [7, 11) is 2.04. The highest BCUT2D eigenvalue weighted by molar-refractivity contribution is 7.15. The van der Waals surface area contributed by atoms with E-state index in [-0.39, 0.29) is 0 Å². The number of carboxylic acid groups (broad SMARTS) is 1. The zero-order valence-corrected chi connectivity index (χ0v) is 13.7. The van der Waals surface area contributed by atoms with Crippen LogP contribution in [0.15, 0.2) is 6.07 Å². The fraction of sp³-hybridized carbons (Fsp3) is 0.375. The van der Waals surface area contributed by atoms with E-state index < -0.39 is 5.97 Å². The lowest BCUT2D eigenvalue weighted by Crippen LogP contribution is -2.26. The zero-order valence-electron chi connectivity index (χ0n) is 12.8. The van der Waals surface area contributed by atoms with Crippen LogP contribution in [-0.4, -0.2) is 40.4 Å². The first kappa shape index (κ1) is 15.0. The zero-order chi connectivity index (χ0) is 16.0. The summed E-state index contributed by atoms with van der Waals surface area (Å²) in [5, 5.41) is 10.4. The summed E-state index contributed by atoms with van der Waals surface area (Å²) in [6, 6.07) is 1.80. The lowest BCUT2D eigenvalue weighted by molar-refractivity contribution is 0.0695. The van der Waals surface area contributed by atoms with Gasteiger partial charge in [0.25, 0.3) is 0 Å². The second-order valence-electron chi connectivity index (χ2n) is 5.76. The number of fused-ring (bicyclic) bond motifs is 1. The van der Waals surface area contributed by atoms with E-state index in [4.69, 9.17) is 0 Å². The maximum atomic E-state index is 11.8. The summed E-state index contributed by atoms with van der Waals surface area (Å²) in [5.41, 5.74) is 3.63. The monoisotopic (exact) mass is 318 g/mol. The standard InChI is InChI=1S/C16H18N2O3S/c1-9-6-11(8-19)10(2)18(9)15-14(16(20)21)12-4-5-17(3)7-13(12)22-15/h6,8H,4-5,7H2,1-3H3,(H,20,21). The SMILES string of the molecule is Cc1cc(C=O)c(C)n1-c1sc2c(c1C(=O)O)CCN(C)C2. The number of carbonyl (C=O) groups excluding carboxylic acids is 1. The molecule has 0 aliphatic carbocycles. The lowest BCUT2D eigenvalue weighted by atomic mass is 10.0. The lowest BCUT2D eigenvalue weighted by Gasteiger charge is -2.22. The van der Waals surface area contributed by atoms with Crippen LogP contribution in [0.3, 0.4) is 0 Å². The number of aromatic nitrogens is 1. The predicted molar refractivity (Wildman–Crippen MR) is 85.5 cm³/mol. The van der Waals surface area contributed by atoms with Crippen molar-refractivity contribution in [1.29, 1.82) is 0 Å². The summed E-state index contributed by atoms with van der Waals surface area (Å²) in [6.45, 7) is 5.40. The summed E-state index contributed by atoms with van der Waals surface area (Å²) < 4.78 is 1.90. The van der Waals surface area contributed by atoms with E-state index >= 15 is 0 Å². The molecule has 22 heavy (non-hydrogen) atoms. The number of aryl methyl sites for hydroxylation is 1. The minimum Gasteiger partial charge on any atom is -0.478 e. The normalized spacial score (nSPS) is 14.9. The van der Waals surface area contributed by atoms with Gasteiger partial charge in [-0.3, -0.25) is 4.79 Å². The molecule has 0 saturated carbocycles. The van der Waals surface area contributed by atoms with E-state index in [0.717, 1.165) is 52.6 Å². The van der Waals surface area contributed by atoms with Gasteiger partial charge in [-0.15, -0.1) is 11.3 Å². The summed E-state index contributed by atoms with van der Waals surface area (Å²) in [4.78, 5) is 26.3. The topological polar surface area (TPSA) is 62.5 Å². The average Bonchev–Trinajstić information content (AvgIpc) is 2.95. The highest BCUT2D eigenvalue weighted by atomic mass is 32.1. The number of hydrogen-bond donors (Lipinski definition) is 1. The van der Waals surface area contributed by atoms with E-state index in [1.807, 2.05) is 25.5 Å². The largest absolute Gasteiger partial charge is 0.478 e. The molecule has 0 fully saturated rings. The molecule has 0 amide bonds. The summed E-state index contributed by atoms with van der Waals surface area (Å²) >= 11 is 1.52. The van der Waals surface area contributed by atoms with Crippen molar-refractivity contribution in [3.63, 3.8) is 0 Å². The third-order valence-electron chi connectivity index (χ3n) is 4.24. The number of aromatic carboxylic acids is 1. The van der Waals surface area contributed by atoms with Crippen LogP contribution < -0.4 is 0 Å². The van der Waals surface area contributed by atoms with Crippen LogP contribution >= 0.6 is 11.3 Å². The Kier molecular flexibility index (Phi) is 3.66. The number of carboxylic acids is 1. The van der Waals surface area contributed by atoms with Gasteiger partial charge in [0.1, 0.15) is 5.00 Å². The Morgan fingerprint density at radius 3 is 2.73 bits per heavy atom. The summed E-state index contributed by atoms with van der Waals surface area (Å²) in [5.74, 6) is -0.891. The predicted octanol–water partition coefficient (Wildman–Crippen LogP) is 2.65. The Labute approximate surface area is 132 Å². The first-order valence-electron chi connectivity index (χ1n) is 7.15. The van der Waals surface area contributed by atoms with Gasteiger partial charge in [-0.05, 0) is 38.9 Å². The first-order valence-corrected chi connectivity index (χ1v) is 7.96. The van der Waals surface area contributed by atoms with E-state index in [0.29, 0.717) is 11.1 Å². The molecule has 5 nitrogen and oxygen atoms in total. The Bertz CT molecular complexity index is 773. The molecule has 0 aromatic carbocycles. The Balaban J connectivity index is 2.26. The molecule has 3 rings (SSSR count). The van der Waals surface area contributed by atoms with Crippen molar-refractivity contribution >= 4 is 23.6 Å². The van der Waals surface area contributed by atoms with Crippen molar-refractivity contribution in [2.45, 2.75) is 26.8 Å². The molecule has 2 aromatic rings. The van der Waals surface area contributed by atoms with E-state index in [9.17, 15) is 14.7 Å². The van der Waals surface area contributed by atoms with Gasteiger partial charge in [-0.2, -0.15) is 0 Å². The quantitative estimate of drug-likeness (QED) is 0.884. The molecule has 116 valence electrons. The highest BCUT2D eigenvalue weighted by Crippen LogP contribution is 2.37. The molecule has 0 unspecified atom stereocenters. The van der Waals surface area contributed by atoms with Gasteiger partial charge in [0.15, 0.2) is 6.29 Å². The molecule has 0 spiro atoms. The van der Waals surface area contributed by atoms with Gasteiger partial charge >= 0.3 is 5.97 Å². The van der Waals surface area contributed by atoms with Gasteiger partial charge in [0, 0.05) is 34.9 Å². The molecule has 0 atom stereocenters. The maximum Gasteiger partial charge on any atom is 0.339 e. The third-order valence-corrected chi connectivity index (χ3v) is 5.45. The third kappa shape index (κ3) is 2.19.